The van der Waals surface area contributed by atoms with E-state index < -0.39 is 17.7 Å². The molecule has 3 N–H and O–H groups in total. The molecular weight excluding hydrogens is 460 g/mol. The highest BCUT2D eigenvalue weighted by molar-refractivity contribution is 6.32. The van der Waals surface area contributed by atoms with Gasteiger partial charge in [0, 0.05) is 28.6 Å². The van der Waals surface area contributed by atoms with Crippen LogP contribution in [0.25, 0.3) is 22.0 Å². The van der Waals surface area contributed by atoms with Gasteiger partial charge in [-0.05, 0) is 62.6 Å². The molecule has 2 aromatic carbocycles. The normalized spacial score (nSPS) is 12.2. The van der Waals surface area contributed by atoms with Gasteiger partial charge in [0.2, 0.25) is 0 Å². The lowest BCUT2D eigenvalue weighted by atomic mass is 9.87. The summed E-state index contributed by atoms with van der Waals surface area (Å²) in [7, 11) is 0. The molecule has 0 aliphatic carbocycles. The van der Waals surface area contributed by atoms with Crippen LogP contribution in [0.5, 0.6) is 0 Å². The summed E-state index contributed by atoms with van der Waals surface area (Å²) in [6.07, 6.45) is 3.22. The van der Waals surface area contributed by atoms with E-state index in [2.05, 4.69) is 15.4 Å². The van der Waals surface area contributed by atoms with Gasteiger partial charge in [0.05, 0.1) is 40.9 Å². The molecule has 1 unspecified atom stereocenters. The minimum absolute atomic E-state index is 0.228. The predicted molar refractivity (Wildman–Crippen MR) is 130 cm³/mol. The number of aryl methyl sites for hydroxylation is 1. The molecular formula is C25H24ClF2N5O. The Bertz CT molecular complexity index is 1410. The number of anilines is 1. The number of aromatic nitrogens is 3. The number of halogens is 3. The molecule has 2 heterocycles. The number of hydrogen-bond acceptors (Lipinski definition) is 4. The quantitative estimate of drug-likeness (QED) is 0.387. The van der Waals surface area contributed by atoms with Crippen molar-refractivity contribution in [3.05, 3.63) is 75.7 Å². The van der Waals surface area contributed by atoms with Crippen molar-refractivity contribution in [1.82, 2.24) is 20.1 Å². The zero-order chi connectivity index (χ0) is 24.7. The van der Waals surface area contributed by atoms with Crippen LogP contribution in [0.2, 0.25) is 5.02 Å². The Morgan fingerprint density at radius 2 is 1.85 bits per heavy atom. The average Bonchev–Trinajstić information content (AvgIpc) is 3.11. The van der Waals surface area contributed by atoms with Crippen LogP contribution >= 0.6 is 11.6 Å². The number of hydrogen-bond donors (Lipinski definition) is 2. The van der Waals surface area contributed by atoms with Crippen LogP contribution in [0.3, 0.4) is 0 Å². The molecule has 2 aromatic heterocycles. The first-order chi connectivity index (χ1) is 16.1. The Hall–Kier alpha value is -3.52. The fraction of sp³-hybridized carbons (Fsp3) is 0.240. The van der Waals surface area contributed by atoms with E-state index in [0.29, 0.717) is 45.2 Å². The molecule has 0 saturated carbocycles. The summed E-state index contributed by atoms with van der Waals surface area (Å²) in [6, 6.07) is 4.44. The molecule has 34 heavy (non-hydrogen) atoms. The van der Waals surface area contributed by atoms with E-state index in [1.807, 2.05) is 13.8 Å². The lowest BCUT2D eigenvalue weighted by Crippen LogP contribution is -2.25. The number of rotatable bonds is 5. The van der Waals surface area contributed by atoms with Crippen molar-refractivity contribution in [3.8, 4) is 11.1 Å². The highest BCUT2D eigenvalue weighted by Gasteiger charge is 2.27. The van der Waals surface area contributed by atoms with E-state index in [1.165, 1.54) is 12.1 Å². The number of nitrogens with zero attached hydrogens (tertiary/aromatic N) is 3. The van der Waals surface area contributed by atoms with Gasteiger partial charge in [0.25, 0.3) is 5.91 Å². The summed E-state index contributed by atoms with van der Waals surface area (Å²) in [4.78, 5) is 17.3. The molecule has 4 aromatic rings. The summed E-state index contributed by atoms with van der Waals surface area (Å²) < 4.78 is 30.3. The van der Waals surface area contributed by atoms with E-state index in [4.69, 9.17) is 17.3 Å². The van der Waals surface area contributed by atoms with E-state index in [9.17, 15) is 13.6 Å². The van der Waals surface area contributed by atoms with Gasteiger partial charge < -0.3 is 11.1 Å². The highest BCUT2D eigenvalue weighted by Crippen LogP contribution is 2.40. The Balaban J connectivity index is 2.07. The number of carbonyl (C=O) groups is 1. The Labute approximate surface area is 200 Å². The number of nitrogens with one attached hydrogen (secondary N) is 1. The van der Waals surface area contributed by atoms with Crippen molar-refractivity contribution in [2.45, 2.75) is 33.7 Å². The average molecular weight is 484 g/mol. The minimum atomic E-state index is -0.750. The number of amides is 1. The van der Waals surface area contributed by atoms with Gasteiger partial charge in [-0.15, -0.1) is 0 Å². The van der Waals surface area contributed by atoms with Crippen LogP contribution in [0.15, 0.2) is 36.7 Å². The SMILES string of the molecule is CCNC(=O)c1c(C)c(Cl)cc(C(C)n2nc(C)c3c(N)cncc32)c1-c1cc(F)cc(F)c1. The molecule has 176 valence electrons. The van der Waals surface area contributed by atoms with Crippen LogP contribution in [0.1, 0.15) is 47.1 Å². The van der Waals surface area contributed by atoms with E-state index in [0.717, 1.165) is 11.5 Å². The second-order valence-electron chi connectivity index (χ2n) is 8.17. The van der Waals surface area contributed by atoms with Gasteiger partial charge in [-0.3, -0.25) is 14.5 Å². The Morgan fingerprint density at radius 3 is 2.50 bits per heavy atom. The Kier molecular flexibility index (Phi) is 6.27. The number of carbonyl (C=O) groups excluding carboxylic acids is 1. The van der Waals surface area contributed by atoms with Crippen molar-refractivity contribution >= 4 is 34.1 Å². The largest absolute Gasteiger partial charge is 0.397 e. The van der Waals surface area contributed by atoms with Crippen molar-refractivity contribution < 1.29 is 13.6 Å². The van der Waals surface area contributed by atoms with Crippen LogP contribution < -0.4 is 11.1 Å². The van der Waals surface area contributed by atoms with Crippen LogP contribution in [0, 0.1) is 25.5 Å². The molecule has 0 radical (unpaired) electrons. The molecule has 0 aliphatic rings. The van der Waals surface area contributed by atoms with Gasteiger partial charge in [-0.1, -0.05) is 11.6 Å². The number of fused-ring (bicyclic) bond motifs is 1. The van der Waals surface area contributed by atoms with Crippen molar-refractivity contribution in [3.63, 3.8) is 0 Å². The van der Waals surface area contributed by atoms with Gasteiger partial charge in [0.1, 0.15) is 11.6 Å². The zero-order valence-corrected chi connectivity index (χ0v) is 20.0. The third-order valence-corrected chi connectivity index (χ3v) is 6.30. The van der Waals surface area contributed by atoms with E-state index in [1.54, 1.807) is 37.0 Å². The standard InChI is InChI=1S/C25H24ClF2N5O/c1-5-31-25(34)22-12(2)19(26)9-18(24(22)15-6-16(27)8-17(28)7-15)14(4)33-21-11-30-10-20(29)23(21)13(3)32-33/h6-11,14H,5,29H2,1-4H3,(H,31,34). The smallest absolute Gasteiger partial charge is 0.252 e. The second kappa shape index (κ2) is 9.02. The number of pyridine rings is 1. The lowest BCUT2D eigenvalue weighted by Gasteiger charge is -2.23. The summed E-state index contributed by atoms with van der Waals surface area (Å²) in [5, 5.41) is 8.57. The van der Waals surface area contributed by atoms with Gasteiger partial charge in [0.15, 0.2) is 0 Å². The lowest BCUT2D eigenvalue weighted by molar-refractivity contribution is 0.0955. The number of nitrogen functional groups attached to an aromatic ring is 1. The predicted octanol–water partition coefficient (Wildman–Crippen LogP) is 5.59. The van der Waals surface area contributed by atoms with Crippen LogP contribution in [0.4, 0.5) is 14.5 Å². The van der Waals surface area contributed by atoms with Gasteiger partial charge in [-0.2, -0.15) is 5.10 Å². The number of nitrogens with two attached hydrogens (primary N) is 1. The molecule has 1 atom stereocenters. The highest BCUT2D eigenvalue weighted by atomic mass is 35.5. The summed E-state index contributed by atoms with van der Waals surface area (Å²) >= 11 is 6.58. The second-order valence-corrected chi connectivity index (χ2v) is 8.58. The summed E-state index contributed by atoms with van der Waals surface area (Å²) in [5.41, 5.74) is 9.98. The first-order valence-electron chi connectivity index (χ1n) is 10.8. The van der Waals surface area contributed by atoms with E-state index in [-0.39, 0.29) is 17.0 Å². The molecule has 1 amide bonds. The fourth-order valence-electron chi connectivity index (χ4n) is 4.37. The molecule has 6 nitrogen and oxygen atoms in total. The molecule has 0 bridgehead atoms. The van der Waals surface area contributed by atoms with Crippen LogP contribution in [-0.2, 0) is 0 Å². The molecule has 0 spiro atoms. The summed E-state index contributed by atoms with van der Waals surface area (Å²) in [5.74, 6) is -1.89. The van der Waals surface area contributed by atoms with Gasteiger partial charge in [-0.25, -0.2) is 8.78 Å². The minimum Gasteiger partial charge on any atom is -0.397 e. The van der Waals surface area contributed by atoms with Gasteiger partial charge >= 0.3 is 0 Å². The zero-order valence-electron chi connectivity index (χ0n) is 19.2. The molecule has 0 fully saturated rings. The molecule has 0 saturated heterocycles. The topological polar surface area (TPSA) is 85.8 Å². The first-order valence-corrected chi connectivity index (χ1v) is 11.2. The maximum absolute atomic E-state index is 14.3. The Morgan fingerprint density at radius 1 is 1.18 bits per heavy atom. The third kappa shape index (κ3) is 3.98. The maximum atomic E-state index is 14.3. The van der Waals surface area contributed by atoms with Crippen LogP contribution in [-0.4, -0.2) is 27.2 Å². The summed E-state index contributed by atoms with van der Waals surface area (Å²) in [6.45, 7) is 7.59. The maximum Gasteiger partial charge on any atom is 0.252 e. The van der Waals surface area contributed by atoms with E-state index >= 15 is 0 Å². The molecule has 4 rings (SSSR count). The van der Waals surface area contributed by atoms with Crippen molar-refractivity contribution in [2.75, 3.05) is 12.3 Å². The monoisotopic (exact) mass is 483 g/mol. The van der Waals surface area contributed by atoms with Crippen molar-refractivity contribution in [2.24, 2.45) is 0 Å². The molecule has 0 aliphatic heterocycles. The fourth-order valence-corrected chi connectivity index (χ4v) is 4.58. The molecule has 9 heteroatoms. The first kappa shape index (κ1) is 23.6. The van der Waals surface area contributed by atoms with Crippen molar-refractivity contribution in [1.29, 1.82) is 0 Å². The number of benzene rings is 2. The third-order valence-electron chi connectivity index (χ3n) is 5.91.